The summed E-state index contributed by atoms with van der Waals surface area (Å²) in [6, 6.07) is 1.50. The van der Waals surface area contributed by atoms with Gasteiger partial charge in [0.05, 0.1) is 0 Å². The summed E-state index contributed by atoms with van der Waals surface area (Å²) in [6.07, 6.45) is 12.5. The third-order valence-corrected chi connectivity index (χ3v) is 5.48. The number of rotatable bonds is 5. The number of guanidine groups is 1. The van der Waals surface area contributed by atoms with E-state index in [4.69, 9.17) is 0 Å². The molecule has 4 nitrogen and oxygen atoms in total. The zero-order valence-corrected chi connectivity index (χ0v) is 16.4. The molecule has 1 heterocycles. The van der Waals surface area contributed by atoms with Crippen LogP contribution in [0.15, 0.2) is 4.99 Å². The summed E-state index contributed by atoms with van der Waals surface area (Å²) in [4.78, 5) is 7.11. The summed E-state index contributed by atoms with van der Waals surface area (Å²) in [6.45, 7) is 3.61. The van der Waals surface area contributed by atoms with Crippen molar-refractivity contribution in [3.05, 3.63) is 0 Å². The van der Waals surface area contributed by atoms with Gasteiger partial charge in [-0.2, -0.15) is 0 Å². The van der Waals surface area contributed by atoms with Crippen LogP contribution in [-0.4, -0.2) is 49.6 Å². The summed E-state index contributed by atoms with van der Waals surface area (Å²) in [5, 5.41) is 7.10. The van der Waals surface area contributed by atoms with E-state index in [0.29, 0.717) is 6.04 Å². The molecule has 3 aliphatic rings. The summed E-state index contributed by atoms with van der Waals surface area (Å²) in [7, 11) is 1.89. The largest absolute Gasteiger partial charge is 0.356 e. The first-order valence-corrected chi connectivity index (χ1v) is 9.06. The third kappa shape index (κ3) is 5.55. The number of piperidine rings is 1. The summed E-state index contributed by atoms with van der Waals surface area (Å²) in [5.41, 5.74) is 0. The Morgan fingerprint density at radius 1 is 1.05 bits per heavy atom. The van der Waals surface area contributed by atoms with Gasteiger partial charge < -0.3 is 15.5 Å². The van der Waals surface area contributed by atoms with Crippen LogP contribution in [0.5, 0.6) is 0 Å². The summed E-state index contributed by atoms with van der Waals surface area (Å²) >= 11 is 0. The lowest BCUT2D eigenvalue weighted by molar-refractivity contribution is 0.150. The number of hydrogen-bond acceptors (Lipinski definition) is 2. The first-order valence-electron chi connectivity index (χ1n) is 9.06. The monoisotopic (exact) mass is 420 g/mol. The fourth-order valence-electron chi connectivity index (χ4n) is 3.87. The Bertz CT molecular complexity index is 343. The molecule has 0 aromatic rings. The highest BCUT2D eigenvalue weighted by Gasteiger charge is 2.27. The fourth-order valence-corrected chi connectivity index (χ4v) is 3.87. The lowest BCUT2D eigenvalue weighted by atomic mass is 10.0. The molecule has 0 amide bonds. The number of nitrogens with zero attached hydrogens (tertiary/aromatic N) is 2. The molecule has 1 aliphatic heterocycles. The highest BCUT2D eigenvalue weighted by Crippen LogP contribution is 2.31. The normalized spacial score (nSPS) is 25.0. The van der Waals surface area contributed by atoms with Crippen LogP contribution >= 0.6 is 24.0 Å². The average molecular weight is 420 g/mol. The lowest BCUT2D eigenvalue weighted by Gasteiger charge is -2.36. The Morgan fingerprint density at radius 2 is 1.73 bits per heavy atom. The molecule has 0 spiro atoms. The minimum atomic E-state index is 0. The van der Waals surface area contributed by atoms with Crippen molar-refractivity contribution >= 4 is 29.9 Å². The predicted octanol–water partition coefficient (Wildman–Crippen LogP) is 2.98. The topological polar surface area (TPSA) is 39.7 Å². The third-order valence-electron chi connectivity index (χ3n) is 5.48. The first-order chi connectivity index (χ1) is 10.3. The van der Waals surface area contributed by atoms with E-state index >= 15 is 0 Å². The van der Waals surface area contributed by atoms with Gasteiger partial charge in [-0.05, 0) is 38.0 Å². The highest BCUT2D eigenvalue weighted by molar-refractivity contribution is 14.0. The van der Waals surface area contributed by atoms with Crippen molar-refractivity contribution in [3.63, 3.8) is 0 Å². The molecule has 22 heavy (non-hydrogen) atoms. The van der Waals surface area contributed by atoms with Crippen LogP contribution in [0.4, 0.5) is 0 Å². The molecule has 3 rings (SSSR count). The second-order valence-corrected chi connectivity index (χ2v) is 7.12. The lowest BCUT2D eigenvalue weighted by Crippen LogP contribution is -2.50. The van der Waals surface area contributed by atoms with E-state index in [0.717, 1.165) is 24.5 Å². The van der Waals surface area contributed by atoms with Gasteiger partial charge in [-0.25, -0.2) is 0 Å². The Balaban J connectivity index is 0.00000176. The molecule has 3 fully saturated rings. The smallest absolute Gasteiger partial charge is 0.191 e. The molecule has 0 bridgehead atoms. The molecule has 0 aromatic heterocycles. The van der Waals surface area contributed by atoms with Crippen LogP contribution < -0.4 is 10.6 Å². The molecule has 128 valence electrons. The van der Waals surface area contributed by atoms with Gasteiger partial charge in [0.15, 0.2) is 5.96 Å². The van der Waals surface area contributed by atoms with Crippen LogP contribution in [-0.2, 0) is 0 Å². The SMILES string of the molecule is CN=C(NCCC1CC1)NC1CCN(C2CCCC2)CC1.I. The maximum atomic E-state index is 4.38. The van der Waals surface area contributed by atoms with Crippen LogP contribution in [0.2, 0.25) is 0 Å². The van der Waals surface area contributed by atoms with E-state index in [2.05, 4.69) is 20.5 Å². The Labute approximate surface area is 152 Å². The molecule has 0 atom stereocenters. The van der Waals surface area contributed by atoms with Crippen molar-refractivity contribution < 1.29 is 0 Å². The Hall–Kier alpha value is -0.0400. The second kappa shape index (κ2) is 9.30. The first kappa shape index (κ1) is 18.3. The van der Waals surface area contributed by atoms with Gasteiger partial charge in [-0.3, -0.25) is 4.99 Å². The molecule has 2 aliphatic carbocycles. The van der Waals surface area contributed by atoms with Crippen molar-refractivity contribution in [3.8, 4) is 0 Å². The number of likely N-dealkylation sites (tertiary alicyclic amines) is 1. The van der Waals surface area contributed by atoms with Crippen molar-refractivity contribution in [2.24, 2.45) is 10.9 Å². The molecular formula is C17H33IN4. The fraction of sp³-hybridized carbons (Fsp3) is 0.941. The van der Waals surface area contributed by atoms with E-state index in [1.54, 1.807) is 0 Å². The Kier molecular flexibility index (Phi) is 7.74. The Morgan fingerprint density at radius 3 is 2.32 bits per heavy atom. The number of hydrogen-bond donors (Lipinski definition) is 2. The van der Waals surface area contributed by atoms with Crippen molar-refractivity contribution in [2.45, 2.75) is 69.9 Å². The maximum Gasteiger partial charge on any atom is 0.191 e. The van der Waals surface area contributed by atoms with E-state index in [9.17, 15) is 0 Å². The minimum absolute atomic E-state index is 0. The van der Waals surface area contributed by atoms with Gasteiger partial charge in [0, 0.05) is 38.8 Å². The molecule has 5 heteroatoms. The van der Waals surface area contributed by atoms with Gasteiger partial charge in [-0.15, -0.1) is 24.0 Å². The molecular weight excluding hydrogens is 387 g/mol. The minimum Gasteiger partial charge on any atom is -0.356 e. The van der Waals surface area contributed by atoms with Gasteiger partial charge >= 0.3 is 0 Å². The van der Waals surface area contributed by atoms with Crippen LogP contribution in [0.1, 0.15) is 57.8 Å². The average Bonchev–Trinajstić information content (AvgIpc) is 3.18. The number of nitrogens with one attached hydrogen (secondary N) is 2. The maximum absolute atomic E-state index is 4.38. The molecule has 0 aromatic carbocycles. The van der Waals surface area contributed by atoms with Crippen LogP contribution in [0.3, 0.4) is 0 Å². The van der Waals surface area contributed by atoms with E-state index in [1.807, 2.05) is 7.05 Å². The van der Waals surface area contributed by atoms with Gasteiger partial charge in [0.25, 0.3) is 0 Å². The molecule has 0 unspecified atom stereocenters. The quantitative estimate of drug-likeness (QED) is 0.408. The summed E-state index contributed by atoms with van der Waals surface area (Å²) in [5.74, 6) is 2.00. The number of aliphatic imine (C=N–C) groups is 1. The van der Waals surface area contributed by atoms with Crippen molar-refractivity contribution in [1.29, 1.82) is 0 Å². The predicted molar refractivity (Wildman–Crippen MR) is 104 cm³/mol. The molecule has 2 N–H and O–H groups in total. The molecule has 0 radical (unpaired) electrons. The van der Waals surface area contributed by atoms with Crippen LogP contribution in [0.25, 0.3) is 0 Å². The van der Waals surface area contributed by atoms with Gasteiger partial charge in [0.1, 0.15) is 0 Å². The second-order valence-electron chi connectivity index (χ2n) is 7.12. The molecule has 1 saturated heterocycles. The number of halogens is 1. The van der Waals surface area contributed by atoms with E-state index < -0.39 is 0 Å². The van der Waals surface area contributed by atoms with Crippen molar-refractivity contribution in [1.82, 2.24) is 15.5 Å². The zero-order chi connectivity index (χ0) is 14.5. The highest BCUT2D eigenvalue weighted by atomic mass is 127. The zero-order valence-electron chi connectivity index (χ0n) is 14.0. The summed E-state index contributed by atoms with van der Waals surface area (Å²) < 4.78 is 0. The van der Waals surface area contributed by atoms with E-state index in [-0.39, 0.29) is 24.0 Å². The van der Waals surface area contributed by atoms with Gasteiger partial charge in [0.2, 0.25) is 0 Å². The van der Waals surface area contributed by atoms with Gasteiger partial charge in [-0.1, -0.05) is 25.7 Å². The standard InChI is InChI=1S/C17H32N4.HI/c1-18-17(19-11-8-14-6-7-14)20-15-9-12-21(13-10-15)16-4-2-3-5-16;/h14-16H,2-13H2,1H3,(H2,18,19,20);1H. The van der Waals surface area contributed by atoms with Crippen LogP contribution in [0, 0.1) is 5.92 Å². The van der Waals surface area contributed by atoms with E-state index in [1.165, 1.54) is 70.9 Å². The molecule has 2 saturated carbocycles. The van der Waals surface area contributed by atoms with Crippen molar-refractivity contribution in [2.75, 3.05) is 26.7 Å².